The number of nitro benzene ring substituents is 1. The normalized spacial score (nSPS) is 10.2. The van der Waals surface area contributed by atoms with Gasteiger partial charge in [-0.15, -0.1) is 0 Å². The number of hydrogen-bond acceptors (Lipinski definition) is 4. The van der Waals surface area contributed by atoms with Gasteiger partial charge in [0, 0.05) is 29.4 Å². The molecule has 0 spiro atoms. The van der Waals surface area contributed by atoms with E-state index < -0.39 is 4.92 Å². The van der Waals surface area contributed by atoms with E-state index in [1.54, 1.807) is 12.1 Å². The van der Waals surface area contributed by atoms with E-state index in [9.17, 15) is 10.1 Å². The molecule has 0 saturated carbocycles. The van der Waals surface area contributed by atoms with Crippen molar-refractivity contribution in [3.05, 3.63) is 63.2 Å². The lowest BCUT2D eigenvalue weighted by molar-refractivity contribution is -0.384. The van der Waals surface area contributed by atoms with Gasteiger partial charge in [0.05, 0.1) is 4.92 Å². The third kappa shape index (κ3) is 4.10. The lowest BCUT2D eigenvalue weighted by atomic mass is 10.2. The molecule has 0 unspecified atom stereocenters. The third-order valence-electron chi connectivity index (χ3n) is 3.00. The number of benzene rings is 2. The van der Waals surface area contributed by atoms with E-state index >= 15 is 0 Å². The number of nitro groups is 1. The number of nitrogens with zero attached hydrogens (tertiary/aromatic N) is 1. The molecule has 0 saturated heterocycles. The Kier molecular flexibility index (Phi) is 5.00. The fourth-order valence-electron chi connectivity index (χ4n) is 1.82. The largest absolute Gasteiger partial charge is 0.492 e. The van der Waals surface area contributed by atoms with E-state index in [-0.39, 0.29) is 5.69 Å². The van der Waals surface area contributed by atoms with Crippen LogP contribution in [-0.2, 0) is 0 Å². The maximum absolute atomic E-state index is 10.5. The van der Waals surface area contributed by atoms with Crippen molar-refractivity contribution in [3.8, 4) is 5.75 Å². The molecule has 21 heavy (non-hydrogen) atoms. The topological polar surface area (TPSA) is 64.4 Å². The molecule has 0 atom stereocenters. The van der Waals surface area contributed by atoms with Crippen LogP contribution < -0.4 is 10.1 Å². The van der Waals surface area contributed by atoms with Crippen molar-refractivity contribution in [2.24, 2.45) is 0 Å². The number of ether oxygens (including phenoxy) is 1. The summed E-state index contributed by atoms with van der Waals surface area (Å²) < 4.78 is 5.51. The van der Waals surface area contributed by atoms with Crippen LogP contribution in [0.1, 0.15) is 5.56 Å². The van der Waals surface area contributed by atoms with Gasteiger partial charge >= 0.3 is 0 Å². The molecule has 1 N–H and O–H groups in total. The van der Waals surface area contributed by atoms with Gasteiger partial charge in [-0.1, -0.05) is 17.7 Å². The molecule has 2 rings (SSSR count). The molecule has 2 aromatic rings. The van der Waals surface area contributed by atoms with Crippen molar-refractivity contribution in [2.45, 2.75) is 6.92 Å². The Morgan fingerprint density at radius 2 is 1.95 bits per heavy atom. The second-order valence-electron chi connectivity index (χ2n) is 4.44. The first-order valence-corrected chi connectivity index (χ1v) is 6.82. The highest BCUT2D eigenvalue weighted by atomic mass is 35.5. The predicted molar refractivity (Wildman–Crippen MR) is 83.3 cm³/mol. The number of rotatable bonds is 6. The number of anilines is 1. The van der Waals surface area contributed by atoms with Crippen molar-refractivity contribution >= 4 is 23.0 Å². The summed E-state index contributed by atoms with van der Waals surface area (Å²) in [7, 11) is 0. The molecule has 110 valence electrons. The summed E-state index contributed by atoms with van der Waals surface area (Å²) in [4.78, 5) is 10.1. The van der Waals surface area contributed by atoms with Crippen LogP contribution in [-0.4, -0.2) is 18.1 Å². The van der Waals surface area contributed by atoms with Crippen LogP contribution >= 0.6 is 11.6 Å². The lowest BCUT2D eigenvalue weighted by Gasteiger charge is -2.11. The maximum atomic E-state index is 10.5. The summed E-state index contributed by atoms with van der Waals surface area (Å²) in [6.07, 6.45) is 0. The van der Waals surface area contributed by atoms with E-state index in [1.807, 2.05) is 25.1 Å². The Labute approximate surface area is 127 Å². The number of non-ortho nitro benzene ring substituents is 1. The van der Waals surface area contributed by atoms with Gasteiger partial charge in [-0.2, -0.15) is 0 Å². The zero-order valence-electron chi connectivity index (χ0n) is 11.5. The summed E-state index contributed by atoms with van der Waals surface area (Å²) in [5.74, 6) is 0.602. The first-order valence-electron chi connectivity index (χ1n) is 6.44. The van der Waals surface area contributed by atoms with Crippen LogP contribution in [0.15, 0.2) is 42.5 Å². The van der Waals surface area contributed by atoms with Crippen LogP contribution in [0.3, 0.4) is 0 Å². The highest BCUT2D eigenvalue weighted by Gasteiger charge is 2.04. The average molecular weight is 307 g/mol. The van der Waals surface area contributed by atoms with E-state index in [0.717, 1.165) is 16.3 Å². The summed E-state index contributed by atoms with van der Waals surface area (Å²) in [6.45, 7) is 3.00. The van der Waals surface area contributed by atoms with E-state index in [0.29, 0.717) is 18.9 Å². The van der Waals surface area contributed by atoms with Crippen LogP contribution in [0.25, 0.3) is 0 Å². The van der Waals surface area contributed by atoms with E-state index in [1.165, 1.54) is 12.1 Å². The first-order chi connectivity index (χ1) is 10.1. The van der Waals surface area contributed by atoms with Crippen molar-refractivity contribution in [1.82, 2.24) is 0 Å². The van der Waals surface area contributed by atoms with Gasteiger partial charge in [0.2, 0.25) is 0 Å². The van der Waals surface area contributed by atoms with Gasteiger partial charge in [0.25, 0.3) is 5.69 Å². The smallest absolute Gasteiger partial charge is 0.269 e. The molecule has 0 bridgehead atoms. The van der Waals surface area contributed by atoms with Gasteiger partial charge < -0.3 is 10.1 Å². The minimum atomic E-state index is -0.437. The first kappa shape index (κ1) is 15.1. The maximum Gasteiger partial charge on any atom is 0.269 e. The monoisotopic (exact) mass is 306 g/mol. The molecule has 0 aliphatic rings. The molecule has 0 aliphatic heterocycles. The second-order valence-corrected chi connectivity index (χ2v) is 4.85. The average Bonchev–Trinajstić information content (AvgIpc) is 2.48. The fraction of sp³-hybridized carbons (Fsp3) is 0.200. The molecule has 6 heteroatoms. The molecule has 0 aliphatic carbocycles. The van der Waals surface area contributed by atoms with Crippen LogP contribution in [0.4, 0.5) is 11.4 Å². The number of nitrogens with one attached hydrogen (secondary N) is 1. The Morgan fingerprint density at radius 1 is 1.24 bits per heavy atom. The van der Waals surface area contributed by atoms with Crippen LogP contribution in [0, 0.1) is 17.0 Å². The van der Waals surface area contributed by atoms with Crippen molar-refractivity contribution < 1.29 is 9.66 Å². The van der Waals surface area contributed by atoms with Gasteiger partial charge in [0.1, 0.15) is 12.4 Å². The molecule has 2 aromatic carbocycles. The van der Waals surface area contributed by atoms with Gasteiger partial charge in [-0.05, 0) is 36.8 Å². The molecular weight excluding hydrogens is 292 g/mol. The summed E-state index contributed by atoms with van der Waals surface area (Å²) in [5.41, 5.74) is 2.01. The Hall–Kier alpha value is -2.27. The highest BCUT2D eigenvalue weighted by Crippen LogP contribution is 2.22. The number of hydrogen-bond donors (Lipinski definition) is 1. The molecule has 0 fully saturated rings. The van der Waals surface area contributed by atoms with Gasteiger partial charge in [0.15, 0.2) is 0 Å². The number of halogens is 1. The van der Waals surface area contributed by atoms with Crippen LogP contribution in [0.5, 0.6) is 5.75 Å². The fourth-order valence-corrected chi connectivity index (χ4v) is 1.99. The summed E-state index contributed by atoms with van der Waals surface area (Å²) in [6, 6.07) is 11.7. The summed E-state index contributed by atoms with van der Waals surface area (Å²) >= 11 is 6.04. The minimum Gasteiger partial charge on any atom is -0.492 e. The third-order valence-corrected chi connectivity index (χ3v) is 3.41. The second kappa shape index (κ2) is 6.95. The van der Waals surface area contributed by atoms with Crippen LogP contribution in [0.2, 0.25) is 5.02 Å². The molecule has 0 amide bonds. The molecule has 0 aromatic heterocycles. The van der Waals surface area contributed by atoms with E-state index in [4.69, 9.17) is 16.3 Å². The molecule has 5 nitrogen and oxygen atoms in total. The van der Waals surface area contributed by atoms with E-state index in [2.05, 4.69) is 5.32 Å². The van der Waals surface area contributed by atoms with Gasteiger partial charge in [-0.25, -0.2) is 0 Å². The predicted octanol–water partition coefficient (Wildman–Crippen LogP) is 4.05. The Morgan fingerprint density at radius 3 is 2.62 bits per heavy atom. The van der Waals surface area contributed by atoms with Crippen molar-refractivity contribution in [3.63, 3.8) is 0 Å². The Bertz CT molecular complexity index is 629. The quantitative estimate of drug-likeness (QED) is 0.497. The molecule has 0 heterocycles. The highest BCUT2D eigenvalue weighted by molar-refractivity contribution is 6.31. The zero-order chi connectivity index (χ0) is 15.2. The lowest BCUT2D eigenvalue weighted by Crippen LogP contribution is -2.12. The summed E-state index contributed by atoms with van der Waals surface area (Å²) in [5, 5.41) is 14.5. The van der Waals surface area contributed by atoms with Gasteiger partial charge in [-0.3, -0.25) is 10.1 Å². The zero-order valence-corrected chi connectivity index (χ0v) is 12.3. The molecule has 0 radical (unpaired) electrons. The minimum absolute atomic E-state index is 0.0510. The molecular formula is C15H15ClN2O3. The SMILES string of the molecule is Cc1c(Cl)cccc1NCCOc1ccc([N+](=O)[O-])cc1. The Balaban J connectivity index is 1.82. The van der Waals surface area contributed by atoms with Crippen molar-refractivity contribution in [1.29, 1.82) is 0 Å². The van der Waals surface area contributed by atoms with Crippen molar-refractivity contribution in [2.75, 3.05) is 18.5 Å². The standard InChI is InChI=1S/C15H15ClN2O3/c1-11-14(16)3-2-4-15(11)17-9-10-21-13-7-5-12(6-8-13)18(19)20/h2-8,17H,9-10H2,1H3.